The molecule has 1 heterocycles. The molecular formula is C24H20Cl2N2O2. The normalized spacial score (nSPS) is 11.6. The minimum absolute atomic E-state index is 0.0407. The van der Waals surface area contributed by atoms with E-state index in [1.807, 2.05) is 24.3 Å². The second-order valence-electron chi connectivity index (χ2n) is 8.11. The molecule has 0 saturated carbocycles. The Morgan fingerprint density at radius 1 is 0.933 bits per heavy atom. The molecule has 1 N–H and O–H groups in total. The summed E-state index contributed by atoms with van der Waals surface area (Å²) in [5, 5.41) is 3.82. The van der Waals surface area contributed by atoms with Gasteiger partial charge >= 0.3 is 0 Å². The van der Waals surface area contributed by atoms with Gasteiger partial charge in [0, 0.05) is 16.8 Å². The van der Waals surface area contributed by atoms with Crippen molar-refractivity contribution in [3.8, 4) is 11.5 Å². The van der Waals surface area contributed by atoms with Gasteiger partial charge in [0.15, 0.2) is 5.58 Å². The Balaban J connectivity index is 1.56. The van der Waals surface area contributed by atoms with Crippen molar-refractivity contribution in [3.05, 3.63) is 81.8 Å². The van der Waals surface area contributed by atoms with E-state index >= 15 is 0 Å². The summed E-state index contributed by atoms with van der Waals surface area (Å²) >= 11 is 12.1. The number of carbonyl (C=O) groups excluding carboxylic acids is 1. The molecule has 4 rings (SSSR count). The Morgan fingerprint density at radius 2 is 1.67 bits per heavy atom. The minimum atomic E-state index is -0.178. The van der Waals surface area contributed by atoms with Gasteiger partial charge in [0.1, 0.15) is 5.52 Å². The molecule has 6 heteroatoms. The molecule has 0 atom stereocenters. The third kappa shape index (κ3) is 4.20. The molecule has 0 radical (unpaired) electrons. The molecule has 0 spiro atoms. The van der Waals surface area contributed by atoms with Crippen LogP contribution in [0.4, 0.5) is 5.69 Å². The first-order valence-corrected chi connectivity index (χ1v) is 10.2. The van der Waals surface area contributed by atoms with Crippen molar-refractivity contribution in [1.82, 2.24) is 4.98 Å². The Bertz CT molecular complexity index is 1240. The third-order valence-corrected chi connectivity index (χ3v) is 5.56. The van der Waals surface area contributed by atoms with Gasteiger partial charge in [0.05, 0.1) is 10.0 Å². The van der Waals surface area contributed by atoms with Crippen LogP contribution in [0.2, 0.25) is 10.0 Å². The van der Waals surface area contributed by atoms with Crippen LogP contribution in [0, 0.1) is 0 Å². The van der Waals surface area contributed by atoms with Crippen LogP contribution in [0.25, 0.3) is 22.6 Å². The molecular weight excluding hydrogens is 419 g/mol. The van der Waals surface area contributed by atoms with Crippen LogP contribution < -0.4 is 5.32 Å². The number of benzene rings is 3. The fraction of sp³-hybridized carbons (Fsp3) is 0.167. The van der Waals surface area contributed by atoms with Crippen LogP contribution >= 0.6 is 23.2 Å². The van der Waals surface area contributed by atoms with Crippen molar-refractivity contribution < 1.29 is 9.21 Å². The molecule has 1 amide bonds. The van der Waals surface area contributed by atoms with Gasteiger partial charge in [-0.1, -0.05) is 56.1 Å². The van der Waals surface area contributed by atoms with Crippen molar-refractivity contribution in [1.29, 1.82) is 0 Å². The van der Waals surface area contributed by atoms with E-state index < -0.39 is 0 Å². The number of hydrogen-bond acceptors (Lipinski definition) is 3. The highest BCUT2D eigenvalue weighted by molar-refractivity contribution is 6.42. The summed E-state index contributed by atoms with van der Waals surface area (Å²) in [5.74, 6) is 0.257. The van der Waals surface area contributed by atoms with Crippen LogP contribution in [0.1, 0.15) is 36.7 Å². The second-order valence-corrected chi connectivity index (χ2v) is 8.93. The SMILES string of the molecule is CC(C)(C)c1ccc(C(=O)Nc2ccc3oc(-c4ccc(Cl)c(Cl)c4)nc3c2)cc1. The zero-order valence-corrected chi connectivity index (χ0v) is 18.3. The first kappa shape index (κ1) is 20.5. The van der Waals surface area contributed by atoms with E-state index in [2.05, 4.69) is 31.1 Å². The summed E-state index contributed by atoms with van der Waals surface area (Å²) in [6, 6.07) is 18.2. The zero-order chi connectivity index (χ0) is 21.5. The number of hydrogen-bond donors (Lipinski definition) is 1. The Morgan fingerprint density at radius 3 is 2.33 bits per heavy atom. The summed E-state index contributed by atoms with van der Waals surface area (Å²) in [6.45, 7) is 6.42. The maximum Gasteiger partial charge on any atom is 0.255 e. The van der Waals surface area contributed by atoms with Gasteiger partial charge in [-0.3, -0.25) is 4.79 Å². The molecule has 3 aromatic carbocycles. The summed E-state index contributed by atoms with van der Waals surface area (Å²) < 4.78 is 5.81. The molecule has 0 saturated heterocycles. The number of rotatable bonds is 3. The first-order chi connectivity index (χ1) is 14.2. The fourth-order valence-corrected chi connectivity index (χ4v) is 3.38. The lowest BCUT2D eigenvalue weighted by atomic mass is 9.87. The monoisotopic (exact) mass is 438 g/mol. The van der Waals surface area contributed by atoms with Crippen LogP contribution in [-0.4, -0.2) is 10.9 Å². The van der Waals surface area contributed by atoms with Crippen LogP contribution in [0.15, 0.2) is 65.1 Å². The van der Waals surface area contributed by atoms with E-state index in [1.54, 1.807) is 36.4 Å². The lowest BCUT2D eigenvalue weighted by Gasteiger charge is -2.19. The number of nitrogens with one attached hydrogen (secondary N) is 1. The van der Waals surface area contributed by atoms with Gasteiger partial charge in [0.25, 0.3) is 5.91 Å². The van der Waals surface area contributed by atoms with Crippen LogP contribution in [0.5, 0.6) is 0 Å². The van der Waals surface area contributed by atoms with Gasteiger partial charge in [-0.05, 0) is 59.5 Å². The number of carbonyl (C=O) groups is 1. The molecule has 0 aliphatic carbocycles. The Kier molecular flexibility index (Phi) is 5.31. The largest absolute Gasteiger partial charge is 0.436 e. The van der Waals surface area contributed by atoms with Gasteiger partial charge in [-0.15, -0.1) is 0 Å². The molecule has 0 fully saturated rings. The van der Waals surface area contributed by atoms with Gasteiger partial charge in [0.2, 0.25) is 5.89 Å². The average Bonchev–Trinajstić information content (AvgIpc) is 3.13. The van der Waals surface area contributed by atoms with Crippen molar-refractivity contribution in [2.75, 3.05) is 5.32 Å². The molecule has 0 aliphatic heterocycles. The van der Waals surface area contributed by atoms with Crippen molar-refractivity contribution >= 4 is 45.9 Å². The van der Waals surface area contributed by atoms with Gasteiger partial charge in [-0.25, -0.2) is 4.98 Å². The van der Waals surface area contributed by atoms with Crippen molar-refractivity contribution in [3.63, 3.8) is 0 Å². The maximum absolute atomic E-state index is 12.6. The quantitative estimate of drug-likeness (QED) is 0.363. The Hall–Kier alpha value is -2.82. The predicted octanol–water partition coefficient (Wildman–Crippen LogP) is 7.35. The molecule has 30 heavy (non-hydrogen) atoms. The number of amides is 1. The summed E-state index contributed by atoms with van der Waals surface area (Å²) in [4.78, 5) is 17.1. The van der Waals surface area contributed by atoms with E-state index in [1.165, 1.54) is 5.56 Å². The minimum Gasteiger partial charge on any atom is -0.436 e. The Labute approximate surface area is 184 Å². The highest BCUT2D eigenvalue weighted by atomic mass is 35.5. The number of halogens is 2. The molecule has 1 aromatic heterocycles. The summed E-state index contributed by atoms with van der Waals surface area (Å²) in [5.41, 5.74) is 4.43. The lowest BCUT2D eigenvalue weighted by Crippen LogP contribution is -2.14. The lowest BCUT2D eigenvalue weighted by molar-refractivity contribution is 0.102. The standard InChI is InChI=1S/C24H20Cl2N2O2/c1-24(2,3)16-7-4-14(5-8-16)22(29)27-17-9-11-21-20(13-17)28-23(30-21)15-6-10-18(25)19(26)12-15/h4-13H,1-3H3,(H,27,29). The number of fused-ring (bicyclic) bond motifs is 1. The fourth-order valence-electron chi connectivity index (χ4n) is 3.08. The topological polar surface area (TPSA) is 55.1 Å². The van der Waals surface area contributed by atoms with E-state index in [0.717, 1.165) is 5.56 Å². The zero-order valence-electron chi connectivity index (χ0n) is 16.8. The van der Waals surface area contributed by atoms with Crippen LogP contribution in [-0.2, 0) is 5.41 Å². The predicted molar refractivity (Wildman–Crippen MR) is 123 cm³/mol. The number of nitrogens with zero attached hydrogens (tertiary/aromatic N) is 1. The summed E-state index contributed by atoms with van der Waals surface area (Å²) in [6.07, 6.45) is 0. The first-order valence-electron chi connectivity index (χ1n) is 9.48. The maximum atomic E-state index is 12.6. The van der Waals surface area contributed by atoms with E-state index in [9.17, 15) is 4.79 Å². The van der Waals surface area contributed by atoms with Crippen molar-refractivity contribution in [2.24, 2.45) is 0 Å². The van der Waals surface area contributed by atoms with E-state index in [-0.39, 0.29) is 11.3 Å². The van der Waals surface area contributed by atoms with E-state index in [0.29, 0.717) is 38.3 Å². The third-order valence-electron chi connectivity index (χ3n) is 4.83. The molecule has 0 aliphatic rings. The van der Waals surface area contributed by atoms with Gasteiger partial charge in [-0.2, -0.15) is 0 Å². The highest BCUT2D eigenvalue weighted by Gasteiger charge is 2.15. The van der Waals surface area contributed by atoms with E-state index in [4.69, 9.17) is 27.6 Å². The number of aromatic nitrogens is 1. The highest BCUT2D eigenvalue weighted by Crippen LogP contribution is 2.31. The second kappa shape index (κ2) is 7.78. The number of oxazole rings is 1. The summed E-state index contributed by atoms with van der Waals surface area (Å²) in [7, 11) is 0. The molecule has 0 bridgehead atoms. The van der Waals surface area contributed by atoms with Gasteiger partial charge < -0.3 is 9.73 Å². The number of anilines is 1. The smallest absolute Gasteiger partial charge is 0.255 e. The average molecular weight is 439 g/mol. The van der Waals surface area contributed by atoms with Crippen LogP contribution in [0.3, 0.4) is 0 Å². The molecule has 152 valence electrons. The van der Waals surface area contributed by atoms with Crippen molar-refractivity contribution in [2.45, 2.75) is 26.2 Å². The molecule has 4 nitrogen and oxygen atoms in total. The molecule has 4 aromatic rings. The molecule has 0 unspecified atom stereocenters.